The molecule has 0 aliphatic heterocycles. The molecule has 2 heterocycles. The Bertz CT molecular complexity index is 1130. The number of benzene rings is 1. The molecule has 0 radical (unpaired) electrons. The SMILES string of the molecule is COCCOc1ccc2c(Nc3ccc(NC(=O)CC(=O)NCC(C)(C)C)cn3)ncnc2c1. The monoisotopic (exact) mass is 466 g/mol. The molecule has 0 unspecified atom stereocenters. The molecule has 1 aromatic carbocycles. The number of carbonyl (C=O) groups is 2. The summed E-state index contributed by atoms with van der Waals surface area (Å²) in [6.45, 7) is 7.48. The van der Waals surface area contributed by atoms with Gasteiger partial charge in [-0.1, -0.05) is 20.8 Å². The molecule has 34 heavy (non-hydrogen) atoms. The first-order valence-corrected chi connectivity index (χ1v) is 10.9. The van der Waals surface area contributed by atoms with Gasteiger partial charge in [-0.05, 0) is 29.7 Å². The summed E-state index contributed by atoms with van der Waals surface area (Å²) in [7, 11) is 1.62. The van der Waals surface area contributed by atoms with Crippen LogP contribution in [-0.2, 0) is 14.3 Å². The van der Waals surface area contributed by atoms with Crippen molar-refractivity contribution in [3.63, 3.8) is 0 Å². The van der Waals surface area contributed by atoms with Crippen molar-refractivity contribution >= 4 is 40.0 Å². The minimum atomic E-state index is -0.403. The molecule has 0 atom stereocenters. The molecule has 0 saturated heterocycles. The Labute approximate surface area is 198 Å². The Morgan fingerprint density at radius 2 is 1.82 bits per heavy atom. The van der Waals surface area contributed by atoms with Crippen molar-refractivity contribution in [3.05, 3.63) is 42.9 Å². The van der Waals surface area contributed by atoms with Crippen molar-refractivity contribution in [2.45, 2.75) is 27.2 Å². The van der Waals surface area contributed by atoms with Crippen molar-refractivity contribution in [1.29, 1.82) is 0 Å². The van der Waals surface area contributed by atoms with Crippen LogP contribution in [0.15, 0.2) is 42.9 Å². The van der Waals surface area contributed by atoms with Gasteiger partial charge in [-0.15, -0.1) is 0 Å². The Kier molecular flexibility index (Phi) is 8.31. The molecule has 3 aromatic rings. The van der Waals surface area contributed by atoms with E-state index in [1.54, 1.807) is 19.2 Å². The van der Waals surface area contributed by atoms with E-state index in [2.05, 4.69) is 30.9 Å². The summed E-state index contributed by atoms with van der Waals surface area (Å²) < 4.78 is 10.6. The van der Waals surface area contributed by atoms with Crippen LogP contribution in [0.2, 0.25) is 0 Å². The maximum absolute atomic E-state index is 12.1. The number of rotatable bonds is 10. The number of aromatic nitrogens is 3. The van der Waals surface area contributed by atoms with Crippen molar-refractivity contribution in [1.82, 2.24) is 20.3 Å². The predicted octanol–water partition coefficient (Wildman–Crippen LogP) is 3.28. The first-order chi connectivity index (χ1) is 16.2. The molecular weight excluding hydrogens is 436 g/mol. The predicted molar refractivity (Wildman–Crippen MR) is 130 cm³/mol. The van der Waals surface area contributed by atoms with E-state index in [1.165, 1.54) is 12.5 Å². The zero-order valence-electron chi connectivity index (χ0n) is 19.8. The lowest BCUT2D eigenvalue weighted by Gasteiger charge is -2.18. The van der Waals surface area contributed by atoms with Gasteiger partial charge in [0.1, 0.15) is 36.7 Å². The number of anilines is 3. The lowest BCUT2D eigenvalue weighted by Crippen LogP contribution is -2.34. The van der Waals surface area contributed by atoms with Crippen molar-refractivity contribution < 1.29 is 19.1 Å². The van der Waals surface area contributed by atoms with Gasteiger partial charge in [0.25, 0.3) is 0 Å². The first-order valence-electron chi connectivity index (χ1n) is 10.9. The third kappa shape index (κ3) is 7.66. The molecule has 0 fully saturated rings. The molecule has 3 N–H and O–H groups in total. The third-order valence-electron chi connectivity index (χ3n) is 4.59. The lowest BCUT2D eigenvalue weighted by molar-refractivity contribution is -0.127. The molecule has 0 bridgehead atoms. The fourth-order valence-electron chi connectivity index (χ4n) is 2.91. The van der Waals surface area contributed by atoms with E-state index in [9.17, 15) is 9.59 Å². The van der Waals surface area contributed by atoms with Gasteiger partial charge in [-0.2, -0.15) is 0 Å². The van der Waals surface area contributed by atoms with E-state index in [-0.39, 0.29) is 17.7 Å². The smallest absolute Gasteiger partial charge is 0.233 e. The Hall–Kier alpha value is -3.79. The number of amides is 2. The summed E-state index contributed by atoms with van der Waals surface area (Å²) in [6, 6.07) is 8.97. The number of carbonyl (C=O) groups excluding carboxylic acids is 2. The first kappa shape index (κ1) is 24.8. The van der Waals surface area contributed by atoms with Crippen LogP contribution in [0.1, 0.15) is 27.2 Å². The Morgan fingerprint density at radius 1 is 1.00 bits per heavy atom. The number of hydrogen-bond donors (Lipinski definition) is 3. The largest absolute Gasteiger partial charge is 0.491 e. The molecule has 10 nitrogen and oxygen atoms in total. The van der Waals surface area contributed by atoms with Gasteiger partial charge in [0.05, 0.1) is 24.0 Å². The molecular formula is C24H30N6O4. The molecule has 3 rings (SSSR count). The van der Waals surface area contributed by atoms with E-state index >= 15 is 0 Å². The van der Waals surface area contributed by atoms with E-state index < -0.39 is 5.91 Å². The van der Waals surface area contributed by atoms with Gasteiger partial charge in [0, 0.05) is 25.1 Å². The molecule has 0 spiro atoms. The van der Waals surface area contributed by atoms with Crippen molar-refractivity contribution in [3.8, 4) is 5.75 Å². The topological polar surface area (TPSA) is 127 Å². The van der Waals surface area contributed by atoms with Crippen LogP contribution in [0.4, 0.5) is 17.3 Å². The highest BCUT2D eigenvalue weighted by molar-refractivity contribution is 6.03. The number of nitrogens with one attached hydrogen (secondary N) is 3. The van der Waals surface area contributed by atoms with Crippen LogP contribution in [0.25, 0.3) is 10.9 Å². The van der Waals surface area contributed by atoms with Gasteiger partial charge < -0.3 is 25.4 Å². The van der Waals surface area contributed by atoms with Gasteiger partial charge >= 0.3 is 0 Å². The molecule has 2 amide bonds. The number of pyridine rings is 1. The molecule has 180 valence electrons. The van der Waals surface area contributed by atoms with E-state index in [4.69, 9.17) is 9.47 Å². The van der Waals surface area contributed by atoms with Crippen molar-refractivity contribution in [2.75, 3.05) is 37.5 Å². The van der Waals surface area contributed by atoms with E-state index in [0.717, 1.165) is 10.9 Å². The standard InChI is InChI=1S/C24H30N6O4/c1-24(2,3)14-26-21(31)12-22(32)29-16-5-8-20(25-13-16)30-23-18-7-6-17(34-10-9-33-4)11-19(18)27-15-28-23/h5-8,11,13,15H,9-10,12,14H2,1-4H3,(H,26,31)(H,29,32)(H,25,27,28,30). The zero-order chi connectivity index (χ0) is 24.6. The molecule has 0 aliphatic carbocycles. The second kappa shape index (κ2) is 11.4. The number of fused-ring (bicyclic) bond motifs is 1. The Morgan fingerprint density at radius 3 is 2.53 bits per heavy atom. The number of nitrogens with zero attached hydrogens (tertiary/aromatic N) is 3. The van der Waals surface area contributed by atoms with E-state index in [0.29, 0.717) is 42.8 Å². The summed E-state index contributed by atoms with van der Waals surface area (Å²) in [6.07, 6.45) is 2.72. The van der Waals surface area contributed by atoms with E-state index in [1.807, 2.05) is 39.0 Å². The summed E-state index contributed by atoms with van der Waals surface area (Å²) in [5.74, 6) is 1.11. The zero-order valence-corrected chi connectivity index (χ0v) is 19.8. The van der Waals surface area contributed by atoms with Gasteiger partial charge in [-0.3, -0.25) is 9.59 Å². The van der Waals surface area contributed by atoms with Crippen LogP contribution in [0.5, 0.6) is 5.75 Å². The quantitative estimate of drug-likeness (QED) is 0.307. The number of ether oxygens (including phenoxy) is 2. The average molecular weight is 467 g/mol. The fourth-order valence-corrected chi connectivity index (χ4v) is 2.91. The summed E-state index contributed by atoms with van der Waals surface area (Å²) in [5, 5.41) is 9.40. The minimum Gasteiger partial charge on any atom is -0.491 e. The molecule has 0 saturated carbocycles. The average Bonchev–Trinajstić information content (AvgIpc) is 2.79. The van der Waals surface area contributed by atoms with Crippen LogP contribution in [-0.4, -0.2) is 53.6 Å². The summed E-state index contributed by atoms with van der Waals surface area (Å²) >= 11 is 0. The highest BCUT2D eigenvalue weighted by Crippen LogP contribution is 2.26. The minimum absolute atomic E-state index is 0.0476. The third-order valence-corrected chi connectivity index (χ3v) is 4.59. The fraction of sp³-hybridized carbons (Fsp3) is 0.375. The van der Waals surface area contributed by atoms with Crippen molar-refractivity contribution in [2.24, 2.45) is 5.41 Å². The van der Waals surface area contributed by atoms with Gasteiger partial charge in [-0.25, -0.2) is 15.0 Å². The van der Waals surface area contributed by atoms with Crippen LogP contribution in [0.3, 0.4) is 0 Å². The highest BCUT2D eigenvalue weighted by atomic mass is 16.5. The normalized spacial score (nSPS) is 11.2. The van der Waals surface area contributed by atoms with Crippen LogP contribution in [0, 0.1) is 5.41 Å². The summed E-state index contributed by atoms with van der Waals surface area (Å²) in [4.78, 5) is 37.0. The number of hydrogen-bond acceptors (Lipinski definition) is 8. The maximum atomic E-state index is 12.1. The maximum Gasteiger partial charge on any atom is 0.233 e. The summed E-state index contributed by atoms with van der Waals surface area (Å²) in [5.41, 5.74) is 1.17. The molecule has 2 aromatic heterocycles. The highest BCUT2D eigenvalue weighted by Gasteiger charge is 2.14. The Balaban J connectivity index is 1.59. The lowest BCUT2D eigenvalue weighted by atomic mass is 9.97. The van der Waals surface area contributed by atoms with Crippen LogP contribution < -0.4 is 20.7 Å². The number of methoxy groups -OCH3 is 1. The van der Waals surface area contributed by atoms with Crippen LogP contribution >= 0.6 is 0 Å². The molecule has 0 aliphatic rings. The second-order valence-electron chi connectivity index (χ2n) is 8.86. The second-order valence-corrected chi connectivity index (χ2v) is 8.86. The van der Waals surface area contributed by atoms with Gasteiger partial charge in [0.15, 0.2) is 0 Å². The van der Waals surface area contributed by atoms with Gasteiger partial charge in [0.2, 0.25) is 11.8 Å². The molecule has 10 heteroatoms.